The van der Waals surface area contributed by atoms with Crippen molar-refractivity contribution in [2.45, 2.75) is 69.2 Å². The third kappa shape index (κ3) is 21.7. The van der Waals surface area contributed by atoms with Crippen molar-refractivity contribution in [3.05, 3.63) is 107 Å². The van der Waals surface area contributed by atoms with E-state index in [2.05, 4.69) is 57.2 Å². The number of hydrogen-bond donors (Lipinski definition) is 0. The van der Waals surface area contributed by atoms with Crippen molar-refractivity contribution in [1.29, 1.82) is 0 Å². The second kappa shape index (κ2) is 23.6. The van der Waals surface area contributed by atoms with Crippen molar-refractivity contribution in [3.8, 4) is 0 Å². The molecule has 0 saturated heterocycles. The zero-order valence-corrected chi connectivity index (χ0v) is 20.4. The van der Waals surface area contributed by atoms with Crippen LogP contribution in [0.2, 0.25) is 0 Å². The van der Waals surface area contributed by atoms with Crippen LogP contribution in [0.25, 0.3) is 0 Å². The molecule has 0 amide bonds. The van der Waals surface area contributed by atoms with Gasteiger partial charge in [-0.25, -0.2) is 4.39 Å². The maximum absolute atomic E-state index is 12.1. The van der Waals surface area contributed by atoms with E-state index in [1.165, 1.54) is 28.8 Å². The molecule has 0 fully saturated rings. The minimum atomic E-state index is -0.171. The Balaban J connectivity index is -0.000000310. The summed E-state index contributed by atoms with van der Waals surface area (Å²) < 4.78 is 12.1. The number of halogens is 1. The number of rotatable bonds is 0. The van der Waals surface area contributed by atoms with E-state index in [1.807, 2.05) is 66.7 Å². The van der Waals surface area contributed by atoms with E-state index in [0.29, 0.717) is 0 Å². The van der Waals surface area contributed by atoms with Gasteiger partial charge in [0.25, 0.3) is 0 Å². The molecule has 162 valence electrons. The van der Waals surface area contributed by atoms with Crippen molar-refractivity contribution in [1.82, 2.24) is 0 Å². The summed E-state index contributed by atoms with van der Waals surface area (Å²) in [5.74, 6) is -0.171. The predicted molar refractivity (Wildman–Crippen MR) is 132 cm³/mol. The highest BCUT2D eigenvalue weighted by Crippen LogP contribution is 2.00. The minimum Gasteiger partial charge on any atom is -0.207 e. The van der Waals surface area contributed by atoms with Crippen LogP contribution in [0, 0.1) is 33.5 Å². The van der Waals surface area contributed by atoms with Crippen LogP contribution in [-0.2, 0) is 0 Å². The quantitative estimate of drug-likeness (QED) is 0.353. The Bertz CT molecular complexity index is 567. The summed E-state index contributed by atoms with van der Waals surface area (Å²) in [6, 6.07) is 25.1. The normalized spacial score (nSPS) is 7.83. The van der Waals surface area contributed by atoms with E-state index in [-0.39, 0.29) is 5.82 Å². The Labute approximate surface area is 180 Å². The van der Waals surface area contributed by atoms with Crippen LogP contribution < -0.4 is 0 Å². The van der Waals surface area contributed by atoms with Crippen LogP contribution in [0.4, 0.5) is 4.39 Å². The molecular formula is C28H43F. The van der Waals surface area contributed by atoms with Gasteiger partial charge in [-0.05, 0) is 39.8 Å². The molecule has 1 heteroatoms. The summed E-state index contributed by atoms with van der Waals surface area (Å²) in [5.41, 5.74) is 5.07. The third-order valence-corrected chi connectivity index (χ3v) is 3.17. The minimum absolute atomic E-state index is 0.171. The van der Waals surface area contributed by atoms with Gasteiger partial charge in [0, 0.05) is 0 Å². The summed E-state index contributed by atoms with van der Waals surface area (Å²) in [6.07, 6.45) is 0. The van der Waals surface area contributed by atoms with Crippen LogP contribution in [0.1, 0.15) is 63.8 Å². The van der Waals surface area contributed by atoms with Gasteiger partial charge < -0.3 is 0 Å². The average molecular weight is 399 g/mol. The lowest BCUT2D eigenvalue weighted by Gasteiger charge is -1.90. The molecule has 0 nitrogen and oxygen atoms in total. The molecule has 3 aromatic rings. The van der Waals surface area contributed by atoms with E-state index >= 15 is 0 Å². The van der Waals surface area contributed by atoms with Gasteiger partial charge >= 0.3 is 0 Å². The number of benzene rings is 3. The first kappa shape index (κ1) is 31.3. The predicted octanol–water partition coefficient (Wildman–Crippen LogP) is 9.51. The van der Waals surface area contributed by atoms with Gasteiger partial charge in [-0.3, -0.25) is 0 Å². The molecule has 0 spiro atoms. The van der Waals surface area contributed by atoms with Gasteiger partial charge in [-0.1, -0.05) is 131 Å². The van der Waals surface area contributed by atoms with Crippen molar-refractivity contribution < 1.29 is 4.39 Å². The molecule has 0 heterocycles. The average Bonchev–Trinajstić information content (AvgIpc) is 2.78. The fraction of sp³-hybridized carbons (Fsp3) is 0.357. The summed E-state index contributed by atoms with van der Waals surface area (Å²) >= 11 is 0. The first-order valence-corrected chi connectivity index (χ1v) is 10.7. The molecule has 0 aliphatic rings. The Morgan fingerprint density at radius 3 is 0.828 bits per heavy atom. The molecule has 0 atom stereocenters. The molecule has 0 aliphatic carbocycles. The summed E-state index contributed by atoms with van der Waals surface area (Å²) in [4.78, 5) is 0. The Kier molecular flexibility index (Phi) is 25.5. The van der Waals surface area contributed by atoms with Crippen LogP contribution in [-0.4, -0.2) is 0 Å². The van der Waals surface area contributed by atoms with Gasteiger partial charge in [0.15, 0.2) is 0 Å². The van der Waals surface area contributed by atoms with E-state index in [9.17, 15) is 4.39 Å². The Hall–Kier alpha value is -2.41. The smallest absolute Gasteiger partial charge is 0.123 e. The van der Waals surface area contributed by atoms with E-state index in [0.717, 1.165) is 5.56 Å². The topological polar surface area (TPSA) is 0 Å². The fourth-order valence-corrected chi connectivity index (χ4v) is 1.70. The molecule has 0 aromatic heterocycles. The summed E-state index contributed by atoms with van der Waals surface area (Å²) in [5, 5.41) is 0. The van der Waals surface area contributed by atoms with Crippen LogP contribution in [0.3, 0.4) is 0 Å². The standard InChI is InChI=1S/C8H10.C7H7F.C7H8.3C2H6/c1-7-3-5-8(2)6-4-7;1-6-2-4-7(8)5-3-6;1-7-5-3-2-4-6-7;3*1-2/h3-6H,1-2H3;2-5H,1H3;2-6H,1H3;3*1-2H3. The number of aryl methyl sites for hydroxylation is 4. The highest BCUT2D eigenvalue weighted by Gasteiger charge is 1.83. The second-order valence-corrected chi connectivity index (χ2v) is 5.60. The van der Waals surface area contributed by atoms with Crippen molar-refractivity contribution in [3.63, 3.8) is 0 Å². The van der Waals surface area contributed by atoms with Gasteiger partial charge in [-0.2, -0.15) is 0 Å². The molecule has 29 heavy (non-hydrogen) atoms. The largest absolute Gasteiger partial charge is 0.207 e. The lowest BCUT2D eigenvalue weighted by Crippen LogP contribution is -1.71. The van der Waals surface area contributed by atoms with Crippen molar-refractivity contribution >= 4 is 0 Å². The summed E-state index contributed by atoms with van der Waals surface area (Å²) in [7, 11) is 0. The monoisotopic (exact) mass is 398 g/mol. The Morgan fingerprint density at radius 2 is 0.621 bits per heavy atom. The first-order chi connectivity index (χ1) is 14.0. The molecule has 3 aromatic carbocycles. The molecule has 0 radical (unpaired) electrons. The Morgan fingerprint density at radius 1 is 0.379 bits per heavy atom. The van der Waals surface area contributed by atoms with Gasteiger partial charge in [0.05, 0.1) is 0 Å². The molecule has 0 saturated carbocycles. The van der Waals surface area contributed by atoms with E-state index in [4.69, 9.17) is 0 Å². The fourth-order valence-electron chi connectivity index (χ4n) is 1.70. The maximum atomic E-state index is 12.1. The molecular weight excluding hydrogens is 355 g/mol. The molecule has 0 N–H and O–H groups in total. The lowest BCUT2D eigenvalue weighted by atomic mass is 10.2. The lowest BCUT2D eigenvalue weighted by molar-refractivity contribution is 0.627. The zero-order valence-electron chi connectivity index (χ0n) is 20.4. The van der Waals surface area contributed by atoms with Crippen molar-refractivity contribution in [2.24, 2.45) is 0 Å². The molecule has 0 aliphatic heterocycles. The van der Waals surface area contributed by atoms with Crippen molar-refractivity contribution in [2.75, 3.05) is 0 Å². The highest BCUT2D eigenvalue weighted by atomic mass is 19.1. The van der Waals surface area contributed by atoms with E-state index in [1.54, 1.807) is 12.1 Å². The van der Waals surface area contributed by atoms with Crippen LogP contribution >= 0.6 is 0 Å². The first-order valence-electron chi connectivity index (χ1n) is 10.7. The third-order valence-electron chi connectivity index (χ3n) is 3.17. The zero-order chi connectivity index (χ0) is 23.1. The highest BCUT2D eigenvalue weighted by molar-refractivity contribution is 5.19. The number of hydrogen-bond acceptors (Lipinski definition) is 0. The van der Waals surface area contributed by atoms with E-state index < -0.39 is 0 Å². The molecule has 0 bridgehead atoms. The van der Waals surface area contributed by atoms with Crippen LogP contribution in [0.15, 0.2) is 78.9 Å². The maximum Gasteiger partial charge on any atom is 0.123 e. The SMILES string of the molecule is CC.CC.CC.Cc1ccc(C)cc1.Cc1ccc(F)cc1.Cc1ccccc1. The molecule has 3 rings (SSSR count). The second-order valence-electron chi connectivity index (χ2n) is 5.60. The van der Waals surface area contributed by atoms with Gasteiger partial charge in [0.1, 0.15) is 5.82 Å². The van der Waals surface area contributed by atoms with Crippen LogP contribution in [0.5, 0.6) is 0 Å². The van der Waals surface area contributed by atoms with Gasteiger partial charge in [0.2, 0.25) is 0 Å². The van der Waals surface area contributed by atoms with Gasteiger partial charge in [-0.15, -0.1) is 0 Å². The molecule has 0 unspecified atom stereocenters. The summed E-state index contributed by atoms with van der Waals surface area (Å²) in [6.45, 7) is 20.2.